The Balaban J connectivity index is 2.50. The summed E-state index contributed by atoms with van der Waals surface area (Å²) >= 11 is 0. The van der Waals surface area contributed by atoms with Crippen LogP contribution in [0.5, 0.6) is 5.88 Å². The fraction of sp³-hybridized carbons (Fsp3) is 0.500. The molecule has 1 heterocycles. The van der Waals surface area contributed by atoms with Crippen LogP contribution in [0.2, 0.25) is 0 Å². The smallest absolute Gasteiger partial charge is 0.275 e. The molecule has 0 fully saturated rings. The standard InChI is InChI=1S/C4H6N2O2/c1-2-7-4-3-8-6-5-4/h3H,2H2,1H3. The van der Waals surface area contributed by atoms with Crippen molar-refractivity contribution in [3.8, 4) is 5.88 Å². The number of rotatable bonds is 2. The summed E-state index contributed by atoms with van der Waals surface area (Å²) in [6.07, 6.45) is 1.35. The van der Waals surface area contributed by atoms with Gasteiger partial charge in [-0.2, -0.15) is 0 Å². The fourth-order valence-corrected chi connectivity index (χ4v) is 0.367. The van der Waals surface area contributed by atoms with Crippen molar-refractivity contribution >= 4 is 0 Å². The fourth-order valence-electron chi connectivity index (χ4n) is 0.367. The third-order valence-corrected chi connectivity index (χ3v) is 0.632. The van der Waals surface area contributed by atoms with E-state index in [0.29, 0.717) is 12.5 Å². The van der Waals surface area contributed by atoms with E-state index in [1.807, 2.05) is 6.92 Å². The van der Waals surface area contributed by atoms with Crippen LogP contribution in [-0.2, 0) is 0 Å². The summed E-state index contributed by atoms with van der Waals surface area (Å²) in [5.41, 5.74) is 0. The van der Waals surface area contributed by atoms with Crippen LogP contribution in [0.1, 0.15) is 6.92 Å². The highest BCUT2D eigenvalue weighted by Crippen LogP contribution is 1.99. The number of ether oxygens (including phenoxy) is 1. The Morgan fingerprint density at radius 2 is 2.75 bits per heavy atom. The molecule has 0 spiro atoms. The first-order valence-corrected chi connectivity index (χ1v) is 2.33. The van der Waals surface area contributed by atoms with Gasteiger partial charge in [0.2, 0.25) is 0 Å². The summed E-state index contributed by atoms with van der Waals surface area (Å²) in [6.45, 7) is 2.46. The number of hydrogen-bond donors (Lipinski definition) is 0. The van der Waals surface area contributed by atoms with Gasteiger partial charge in [0.05, 0.1) is 6.61 Å². The summed E-state index contributed by atoms with van der Waals surface area (Å²) in [6, 6.07) is 0. The molecular formula is C4H6N2O2. The van der Waals surface area contributed by atoms with Crippen molar-refractivity contribution in [1.82, 2.24) is 10.4 Å². The van der Waals surface area contributed by atoms with Gasteiger partial charge in [-0.15, -0.1) is 0 Å². The van der Waals surface area contributed by atoms with Crippen molar-refractivity contribution < 1.29 is 9.26 Å². The van der Waals surface area contributed by atoms with E-state index in [0.717, 1.165) is 0 Å². The van der Waals surface area contributed by atoms with Crippen molar-refractivity contribution in [2.24, 2.45) is 0 Å². The number of hydrogen-bond acceptors (Lipinski definition) is 4. The minimum Gasteiger partial charge on any atom is -0.475 e. The highest BCUT2D eigenvalue weighted by molar-refractivity contribution is 4.94. The Bertz CT molecular complexity index is 138. The van der Waals surface area contributed by atoms with Gasteiger partial charge in [-0.3, -0.25) is 0 Å². The van der Waals surface area contributed by atoms with E-state index >= 15 is 0 Å². The quantitative estimate of drug-likeness (QED) is 0.560. The Hall–Kier alpha value is -1.06. The first kappa shape index (κ1) is 5.08. The normalized spacial score (nSPS) is 9.12. The van der Waals surface area contributed by atoms with Gasteiger partial charge < -0.3 is 9.26 Å². The molecule has 4 heteroatoms. The average molecular weight is 114 g/mol. The maximum absolute atomic E-state index is 4.88. The summed E-state index contributed by atoms with van der Waals surface area (Å²) in [5, 5.41) is 6.66. The van der Waals surface area contributed by atoms with Gasteiger partial charge in [0.1, 0.15) is 0 Å². The number of aromatic nitrogens is 2. The predicted octanol–water partition coefficient (Wildman–Crippen LogP) is 0.468. The summed E-state index contributed by atoms with van der Waals surface area (Å²) in [7, 11) is 0. The Kier molecular flexibility index (Phi) is 1.46. The second kappa shape index (κ2) is 2.30. The topological polar surface area (TPSA) is 48.2 Å². The molecule has 0 saturated heterocycles. The van der Waals surface area contributed by atoms with Gasteiger partial charge in [-0.1, -0.05) is 5.10 Å². The molecule has 0 atom stereocenters. The minimum atomic E-state index is 0.438. The SMILES string of the molecule is CCOc1conn1. The molecule has 1 aromatic heterocycles. The van der Waals surface area contributed by atoms with Crippen molar-refractivity contribution in [1.29, 1.82) is 0 Å². The largest absolute Gasteiger partial charge is 0.475 e. The molecule has 0 aromatic carbocycles. The Labute approximate surface area is 46.4 Å². The van der Waals surface area contributed by atoms with Crippen LogP contribution in [0.25, 0.3) is 0 Å². The Morgan fingerprint density at radius 3 is 3.25 bits per heavy atom. The minimum absolute atomic E-state index is 0.438. The van der Waals surface area contributed by atoms with Crippen LogP contribution in [0.15, 0.2) is 10.8 Å². The van der Waals surface area contributed by atoms with Crippen LogP contribution in [0.3, 0.4) is 0 Å². The molecule has 8 heavy (non-hydrogen) atoms. The average Bonchev–Trinajstić information content (AvgIpc) is 2.19. The zero-order chi connectivity index (χ0) is 5.82. The van der Waals surface area contributed by atoms with Crippen LogP contribution >= 0.6 is 0 Å². The van der Waals surface area contributed by atoms with Crippen LogP contribution < -0.4 is 4.74 Å². The van der Waals surface area contributed by atoms with E-state index in [1.54, 1.807) is 0 Å². The molecule has 0 unspecified atom stereocenters. The molecule has 4 nitrogen and oxygen atoms in total. The Morgan fingerprint density at radius 1 is 1.88 bits per heavy atom. The van der Waals surface area contributed by atoms with Crippen LogP contribution in [0.4, 0.5) is 0 Å². The van der Waals surface area contributed by atoms with Gasteiger partial charge in [0.15, 0.2) is 6.26 Å². The zero-order valence-electron chi connectivity index (χ0n) is 4.50. The molecule has 0 N–H and O–H groups in total. The van der Waals surface area contributed by atoms with Crippen molar-refractivity contribution in [2.45, 2.75) is 6.92 Å². The lowest BCUT2D eigenvalue weighted by Crippen LogP contribution is -1.90. The molecule has 1 rings (SSSR count). The lowest BCUT2D eigenvalue weighted by molar-refractivity contribution is 0.325. The summed E-state index contributed by atoms with van der Waals surface area (Å²) < 4.78 is 9.26. The second-order valence-corrected chi connectivity index (χ2v) is 1.18. The second-order valence-electron chi connectivity index (χ2n) is 1.18. The molecule has 44 valence electrons. The van der Waals surface area contributed by atoms with Crippen molar-refractivity contribution in [3.63, 3.8) is 0 Å². The van der Waals surface area contributed by atoms with Crippen molar-refractivity contribution in [2.75, 3.05) is 6.61 Å². The molecule has 0 aliphatic carbocycles. The number of nitrogens with zero attached hydrogens (tertiary/aromatic N) is 2. The molecule has 0 aliphatic rings. The van der Waals surface area contributed by atoms with E-state index < -0.39 is 0 Å². The third-order valence-electron chi connectivity index (χ3n) is 0.632. The molecule has 0 aliphatic heterocycles. The predicted molar refractivity (Wildman–Crippen MR) is 25.5 cm³/mol. The van der Waals surface area contributed by atoms with E-state index in [9.17, 15) is 0 Å². The van der Waals surface area contributed by atoms with E-state index in [4.69, 9.17) is 4.74 Å². The van der Waals surface area contributed by atoms with Gasteiger partial charge >= 0.3 is 0 Å². The van der Waals surface area contributed by atoms with E-state index in [-0.39, 0.29) is 0 Å². The van der Waals surface area contributed by atoms with Gasteiger partial charge in [-0.25, -0.2) is 0 Å². The monoisotopic (exact) mass is 114 g/mol. The summed E-state index contributed by atoms with van der Waals surface area (Å²) in [4.78, 5) is 0. The highest BCUT2D eigenvalue weighted by Gasteiger charge is 1.91. The first-order chi connectivity index (χ1) is 3.93. The van der Waals surface area contributed by atoms with Crippen molar-refractivity contribution in [3.05, 3.63) is 6.26 Å². The molecule has 0 radical (unpaired) electrons. The van der Waals surface area contributed by atoms with Crippen LogP contribution in [0, 0.1) is 0 Å². The molecule has 0 amide bonds. The molecule has 0 bridgehead atoms. The molecule has 1 aromatic rings. The third kappa shape index (κ3) is 0.959. The molecular weight excluding hydrogens is 108 g/mol. The molecule has 0 saturated carbocycles. The van der Waals surface area contributed by atoms with E-state index in [1.165, 1.54) is 6.26 Å². The highest BCUT2D eigenvalue weighted by atomic mass is 16.5. The van der Waals surface area contributed by atoms with Gasteiger partial charge in [0.25, 0.3) is 5.88 Å². The lowest BCUT2D eigenvalue weighted by atomic mass is 10.8. The van der Waals surface area contributed by atoms with Gasteiger partial charge in [-0.05, 0) is 6.92 Å². The van der Waals surface area contributed by atoms with Gasteiger partial charge in [0, 0.05) is 5.27 Å². The maximum Gasteiger partial charge on any atom is 0.275 e. The zero-order valence-corrected chi connectivity index (χ0v) is 4.50. The van der Waals surface area contributed by atoms with E-state index in [2.05, 4.69) is 14.9 Å². The lowest BCUT2D eigenvalue weighted by Gasteiger charge is -1.89. The maximum atomic E-state index is 4.88. The van der Waals surface area contributed by atoms with Crippen LogP contribution in [-0.4, -0.2) is 17.0 Å². The first-order valence-electron chi connectivity index (χ1n) is 2.33. The summed E-state index contributed by atoms with van der Waals surface area (Å²) in [5.74, 6) is 0.438.